The van der Waals surface area contributed by atoms with Gasteiger partial charge in [-0.1, -0.05) is 6.92 Å². The summed E-state index contributed by atoms with van der Waals surface area (Å²) >= 11 is 0. The van der Waals surface area contributed by atoms with Gasteiger partial charge in [0.15, 0.2) is 0 Å². The molecule has 112 valence electrons. The van der Waals surface area contributed by atoms with Gasteiger partial charge in [0.05, 0.1) is 0 Å². The van der Waals surface area contributed by atoms with Crippen molar-refractivity contribution in [3.8, 4) is 0 Å². The van der Waals surface area contributed by atoms with Gasteiger partial charge in [0.1, 0.15) is 0 Å². The van der Waals surface area contributed by atoms with Crippen LogP contribution in [-0.2, 0) is 0 Å². The third kappa shape index (κ3) is 4.44. The average Bonchev–Trinajstić information content (AvgIpc) is 2.64. The van der Waals surface area contributed by atoms with Crippen molar-refractivity contribution in [1.82, 2.24) is 15.1 Å². The van der Waals surface area contributed by atoms with Crippen LogP contribution in [0.4, 0.5) is 0 Å². The Bertz CT molecular complexity index is 256. The normalized spacial score (nSPS) is 30.5. The van der Waals surface area contributed by atoms with Crippen LogP contribution in [0, 0.1) is 0 Å². The molecule has 2 heterocycles. The van der Waals surface area contributed by atoms with Crippen LogP contribution in [-0.4, -0.2) is 61.2 Å². The van der Waals surface area contributed by atoms with Gasteiger partial charge in [0.2, 0.25) is 0 Å². The molecular weight excluding hydrogens is 234 g/mol. The molecule has 3 heteroatoms. The molecule has 3 nitrogen and oxygen atoms in total. The summed E-state index contributed by atoms with van der Waals surface area (Å²) in [5.74, 6) is 0. The lowest BCUT2D eigenvalue weighted by atomic mass is 10.1. The Morgan fingerprint density at radius 2 is 2.00 bits per heavy atom. The van der Waals surface area contributed by atoms with Crippen LogP contribution < -0.4 is 5.32 Å². The van der Waals surface area contributed by atoms with E-state index in [0.717, 1.165) is 12.1 Å². The summed E-state index contributed by atoms with van der Waals surface area (Å²) in [5, 5.41) is 3.59. The molecule has 2 bridgehead atoms. The highest BCUT2D eigenvalue weighted by molar-refractivity contribution is 4.90. The summed E-state index contributed by atoms with van der Waals surface area (Å²) in [6, 6.07) is 2.40. The highest BCUT2D eigenvalue weighted by Crippen LogP contribution is 2.28. The molecule has 0 radical (unpaired) electrons. The minimum atomic E-state index is 0.686. The maximum Gasteiger partial charge on any atom is 0.0223 e. The van der Waals surface area contributed by atoms with Crippen molar-refractivity contribution < 1.29 is 0 Å². The van der Waals surface area contributed by atoms with Gasteiger partial charge in [0, 0.05) is 24.7 Å². The third-order valence-electron chi connectivity index (χ3n) is 5.09. The maximum atomic E-state index is 3.59. The minimum absolute atomic E-state index is 0.686. The van der Waals surface area contributed by atoms with E-state index in [-0.39, 0.29) is 0 Å². The molecule has 19 heavy (non-hydrogen) atoms. The number of likely N-dealkylation sites (tertiary alicyclic amines) is 1. The van der Waals surface area contributed by atoms with Crippen LogP contribution >= 0.6 is 0 Å². The van der Waals surface area contributed by atoms with Crippen molar-refractivity contribution in [2.24, 2.45) is 0 Å². The fraction of sp³-hybridized carbons (Fsp3) is 1.00. The van der Waals surface area contributed by atoms with E-state index in [4.69, 9.17) is 0 Å². The second-order valence-electron chi connectivity index (χ2n) is 6.64. The number of hydrogen-bond acceptors (Lipinski definition) is 3. The van der Waals surface area contributed by atoms with E-state index >= 15 is 0 Å². The second kappa shape index (κ2) is 7.61. The zero-order chi connectivity index (χ0) is 13.7. The number of likely N-dealkylation sites (N-methyl/N-ethyl adjacent to an activating group) is 1. The Morgan fingerprint density at radius 3 is 2.79 bits per heavy atom. The number of hydrogen-bond donors (Lipinski definition) is 1. The summed E-state index contributed by atoms with van der Waals surface area (Å²) in [5.41, 5.74) is 0. The van der Waals surface area contributed by atoms with Crippen molar-refractivity contribution in [1.29, 1.82) is 0 Å². The first-order chi connectivity index (χ1) is 9.20. The first-order valence-corrected chi connectivity index (χ1v) is 8.38. The SMILES string of the molecule is CCCNC(C)CCCN1CCC2CCC(C1)N2C. The van der Waals surface area contributed by atoms with Crippen LogP contribution in [0.1, 0.15) is 52.4 Å². The minimum Gasteiger partial charge on any atom is -0.314 e. The third-order valence-corrected chi connectivity index (χ3v) is 5.09. The van der Waals surface area contributed by atoms with Gasteiger partial charge in [-0.25, -0.2) is 0 Å². The molecule has 0 aromatic heterocycles. The summed E-state index contributed by atoms with van der Waals surface area (Å²) in [6.07, 6.45) is 8.15. The van der Waals surface area contributed by atoms with E-state index < -0.39 is 0 Å². The van der Waals surface area contributed by atoms with Gasteiger partial charge in [-0.05, 0) is 72.1 Å². The van der Waals surface area contributed by atoms with E-state index in [2.05, 4.69) is 36.0 Å². The first kappa shape index (κ1) is 15.3. The summed E-state index contributed by atoms with van der Waals surface area (Å²) < 4.78 is 0. The highest BCUT2D eigenvalue weighted by atomic mass is 15.3. The van der Waals surface area contributed by atoms with E-state index in [1.807, 2.05) is 0 Å². The topological polar surface area (TPSA) is 18.5 Å². The molecule has 2 fully saturated rings. The van der Waals surface area contributed by atoms with Gasteiger partial charge in [-0.2, -0.15) is 0 Å². The fourth-order valence-corrected chi connectivity index (χ4v) is 3.70. The standard InChI is InChI=1S/C16H33N3/c1-4-10-17-14(2)6-5-11-19-12-9-15-7-8-16(13-19)18(15)3/h14-17H,4-13H2,1-3H3. The molecule has 2 saturated heterocycles. The van der Waals surface area contributed by atoms with Crippen molar-refractivity contribution in [2.45, 2.75) is 70.5 Å². The molecule has 0 amide bonds. The van der Waals surface area contributed by atoms with Crippen LogP contribution in [0.25, 0.3) is 0 Å². The highest BCUT2D eigenvalue weighted by Gasteiger charge is 2.34. The molecule has 0 saturated carbocycles. The van der Waals surface area contributed by atoms with E-state index in [0.29, 0.717) is 6.04 Å². The molecule has 2 rings (SSSR count). The van der Waals surface area contributed by atoms with E-state index in [1.165, 1.54) is 64.7 Å². The Labute approximate surface area is 119 Å². The summed E-state index contributed by atoms with van der Waals surface area (Å²) in [7, 11) is 2.34. The van der Waals surface area contributed by atoms with Gasteiger partial charge in [-0.3, -0.25) is 4.90 Å². The van der Waals surface area contributed by atoms with Crippen molar-refractivity contribution in [2.75, 3.05) is 33.2 Å². The smallest absolute Gasteiger partial charge is 0.0223 e. The molecule has 2 aliphatic heterocycles. The van der Waals surface area contributed by atoms with Crippen LogP contribution in [0.15, 0.2) is 0 Å². The molecule has 0 aromatic rings. The molecule has 3 atom stereocenters. The van der Waals surface area contributed by atoms with Gasteiger partial charge >= 0.3 is 0 Å². The summed E-state index contributed by atoms with van der Waals surface area (Å²) in [6.45, 7) is 9.66. The van der Waals surface area contributed by atoms with Gasteiger partial charge < -0.3 is 10.2 Å². The quantitative estimate of drug-likeness (QED) is 0.764. The van der Waals surface area contributed by atoms with E-state index in [1.54, 1.807) is 0 Å². The molecule has 3 unspecified atom stereocenters. The van der Waals surface area contributed by atoms with Crippen LogP contribution in [0.5, 0.6) is 0 Å². The molecular formula is C16H33N3. The molecule has 1 N–H and O–H groups in total. The zero-order valence-corrected chi connectivity index (χ0v) is 13.2. The van der Waals surface area contributed by atoms with Crippen molar-refractivity contribution in [3.05, 3.63) is 0 Å². The Kier molecular flexibility index (Phi) is 6.11. The second-order valence-corrected chi connectivity index (χ2v) is 6.64. The molecule has 0 aliphatic carbocycles. The lowest BCUT2D eigenvalue weighted by molar-refractivity contribution is 0.215. The lowest BCUT2D eigenvalue weighted by Gasteiger charge is -2.26. The zero-order valence-electron chi connectivity index (χ0n) is 13.2. The molecule has 0 spiro atoms. The number of nitrogens with one attached hydrogen (secondary N) is 1. The van der Waals surface area contributed by atoms with Crippen LogP contribution in [0.3, 0.4) is 0 Å². The van der Waals surface area contributed by atoms with Gasteiger partial charge in [0.25, 0.3) is 0 Å². The number of nitrogens with zero attached hydrogens (tertiary/aromatic N) is 2. The monoisotopic (exact) mass is 267 g/mol. The van der Waals surface area contributed by atoms with Crippen LogP contribution in [0.2, 0.25) is 0 Å². The largest absolute Gasteiger partial charge is 0.314 e. The fourth-order valence-electron chi connectivity index (χ4n) is 3.70. The average molecular weight is 267 g/mol. The Morgan fingerprint density at radius 1 is 1.21 bits per heavy atom. The maximum absolute atomic E-state index is 3.59. The predicted molar refractivity (Wildman–Crippen MR) is 82.6 cm³/mol. The first-order valence-electron chi connectivity index (χ1n) is 8.38. The van der Waals surface area contributed by atoms with Gasteiger partial charge in [-0.15, -0.1) is 0 Å². The Balaban J connectivity index is 1.64. The van der Waals surface area contributed by atoms with Crippen molar-refractivity contribution in [3.63, 3.8) is 0 Å². The predicted octanol–water partition coefficient (Wildman–Crippen LogP) is 2.32. The van der Waals surface area contributed by atoms with E-state index in [9.17, 15) is 0 Å². The molecule has 0 aromatic carbocycles. The molecule has 2 aliphatic rings. The van der Waals surface area contributed by atoms with Crippen molar-refractivity contribution >= 4 is 0 Å². The number of fused-ring (bicyclic) bond motifs is 2. The summed E-state index contributed by atoms with van der Waals surface area (Å²) in [4.78, 5) is 5.36. The Hall–Kier alpha value is -0.120. The number of rotatable bonds is 7. The lowest BCUT2D eigenvalue weighted by Crippen LogP contribution is -2.37.